The average Bonchev–Trinajstić information content (AvgIpc) is 3.36. The SMILES string of the molecule is O=C1CCC(N2Cc3c(cccc3-n3cc(Cn4cc(Cl)ccc4=O)nn3)C2=O)C(=O)N1. The van der Waals surface area contributed by atoms with E-state index in [4.69, 9.17) is 11.6 Å². The van der Waals surface area contributed by atoms with Crippen LogP contribution in [0.1, 0.15) is 34.5 Å². The second-order valence-electron chi connectivity index (χ2n) is 7.67. The van der Waals surface area contributed by atoms with Gasteiger partial charge in [-0.05, 0) is 24.6 Å². The Bertz CT molecular complexity index is 1330. The van der Waals surface area contributed by atoms with Crippen molar-refractivity contribution < 1.29 is 14.4 Å². The van der Waals surface area contributed by atoms with Crippen molar-refractivity contribution in [3.05, 3.63) is 74.9 Å². The number of hydrogen-bond donors (Lipinski definition) is 1. The van der Waals surface area contributed by atoms with Crippen LogP contribution in [0.4, 0.5) is 0 Å². The number of amides is 3. The zero-order chi connectivity index (χ0) is 22.4. The van der Waals surface area contributed by atoms with E-state index < -0.39 is 11.9 Å². The summed E-state index contributed by atoms with van der Waals surface area (Å²) in [5.41, 5.74) is 2.19. The average molecular weight is 453 g/mol. The van der Waals surface area contributed by atoms with E-state index in [1.165, 1.54) is 27.8 Å². The molecule has 3 amide bonds. The lowest BCUT2D eigenvalue weighted by Crippen LogP contribution is -2.52. The van der Waals surface area contributed by atoms with Crippen LogP contribution in [0.15, 0.2) is 47.5 Å². The normalized spacial score (nSPS) is 18.1. The molecular weight excluding hydrogens is 436 g/mol. The van der Waals surface area contributed by atoms with Crippen molar-refractivity contribution in [2.75, 3.05) is 0 Å². The third-order valence-electron chi connectivity index (χ3n) is 5.62. The highest BCUT2D eigenvalue weighted by atomic mass is 35.5. The molecular formula is C21H17ClN6O4. The Kier molecular flexibility index (Phi) is 4.86. The van der Waals surface area contributed by atoms with Gasteiger partial charge in [0.05, 0.1) is 23.5 Å². The summed E-state index contributed by atoms with van der Waals surface area (Å²) in [6.07, 6.45) is 3.70. The molecule has 0 bridgehead atoms. The van der Waals surface area contributed by atoms with Gasteiger partial charge in [-0.3, -0.25) is 24.5 Å². The van der Waals surface area contributed by atoms with E-state index in [1.807, 2.05) is 6.07 Å². The Balaban J connectivity index is 1.43. The van der Waals surface area contributed by atoms with Gasteiger partial charge in [0, 0.05) is 36.4 Å². The number of benzene rings is 1. The molecule has 2 aromatic heterocycles. The van der Waals surface area contributed by atoms with Crippen LogP contribution < -0.4 is 10.9 Å². The van der Waals surface area contributed by atoms with Gasteiger partial charge in [0.15, 0.2) is 0 Å². The zero-order valence-corrected chi connectivity index (χ0v) is 17.5. The monoisotopic (exact) mass is 452 g/mol. The van der Waals surface area contributed by atoms with Crippen molar-refractivity contribution in [3.8, 4) is 5.69 Å². The van der Waals surface area contributed by atoms with Crippen molar-refractivity contribution in [3.63, 3.8) is 0 Å². The van der Waals surface area contributed by atoms with E-state index in [2.05, 4.69) is 15.6 Å². The fourth-order valence-electron chi connectivity index (χ4n) is 4.07. The highest BCUT2D eigenvalue weighted by Gasteiger charge is 2.40. The topological polar surface area (TPSA) is 119 Å². The Morgan fingerprint density at radius 2 is 1.94 bits per heavy atom. The van der Waals surface area contributed by atoms with Gasteiger partial charge in [-0.1, -0.05) is 22.9 Å². The van der Waals surface area contributed by atoms with Crippen molar-refractivity contribution >= 4 is 29.3 Å². The van der Waals surface area contributed by atoms with Crippen molar-refractivity contribution in [2.45, 2.75) is 32.0 Å². The minimum atomic E-state index is -0.693. The number of aromatic nitrogens is 4. The molecule has 162 valence electrons. The highest BCUT2D eigenvalue weighted by molar-refractivity contribution is 6.30. The van der Waals surface area contributed by atoms with E-state index in [-0.39, 0.29) is 36.9 Å². The van der Waals surface area contributed by atoms with Crippen molar-refractivity contribution in [1.29, 1.82) is 0 Å². The van der Waals surface area contributed by atoms with Crippen LogP contribution in [0.3, 0.4) is 0 Å². The summed E-state index contributed by atoms with van der Waals surface area (Å²) in [5.74, 6) is -1.05. The predicted molar refractivity (Wildman–Crippen MR) is 112 cm³/mol. The molecule has 4 heterocycles. The molecule has 1 saturated heterocycles. The molecule has 0 spiro atoms. The molecule has 1 aromatic carbocycles. The van der Waals surface area contributed by atoms with E-state index in [9.17, 15) is 19.2 Å². The summed E-state index contributed by atoms with van der Waals surface area (Å²) < 4.78 is 2.98. The molecule has 1 N–H and O–H groups in total. The quantitative estimate of drug-likeness (QED) is 0.587. The van der Waals surface area contributed by atoms with Gasteiger partial charge >= 0.3 is 0 Å². The molecule has 0 saturated carbocycles. The van der Waals surface area contributed by atoms with Crippen LogP contribution in [0.5, 0.6) is 0 Å². The number of carbonyl (C=O) groups excluding carboxylic acids is 3. The summed E-state index contributed by atoms with van der Waals surface area (Å²) in [7, 11) is 0. The van der Waals surface area contributed by atoms with Gasteiger partial charge < -0.3 is 9.47 Å². The van der Waals surface area contributed by atoms with Gasteiger partial charge in [0.2, 0.25) is 11.8 Å². The van der Waals surface area contributed by atoms with Crippen molar-refractivity contribution in [1.82, 2.24) is 29.8 Å². The first-order chi connectivity index (χ1) is 15.4. The number of rotatable bonds is 4. The Morgan fingerprint density at radius 3 is 2.75 bits per heavy atom. The van der Waals surface area contributed by atoms with Crippen molar-refractivity contribution in [2.24, 2.45) is 0 Å². The molecule has 5 rings (SSSR count). The zero-order valence-electron chi connectivity index (χ0n) is 16.7. The first-order valence-electron chi connectivity index (χ1n) is 9.95. The Hall–Kier alpha value is -3.79. The number of fused-ring (bicyclic) bond motifs is 1. The van der Waals surface area contributed by atoms with Gasteiger partial charge in [0.1, 0.15) is 11.7 Å². The molecule has 1 atom stereocenters. The summed E-state index contributed by atoms with van der Waals surface area (Å²) in [5, 5.41) is 11.0. The van der Waals surface area contributed by atoms with Gasteiger partial charge in [-0.25, -0.2) is 4.68 Å². The molecule has 3 aromatic rings. The fraction of sp³-hybridized carbons (Fsp3) is 0.238. The van der Waals surface area contributed by atoms with E-state index in [0.717, 1.165) is 5.56 Å². The van der Waals surface area contributed by atoms with Crippen LogP contribution in [0.25, 0.3) is 5.69 Å². The predicted octanol–water partition coefficient (Wildman–Crippen LogP) is 0.892. The summed E-state index contributed by atoms with van der Waals surface area (Å²) in [6.45, 7) is 0.412. The Labute approximate surface area is 186 Å². The largest absolute Gasteiger partial charge is 0.322 e. The van der Waals surface area contributed by atoms with Crippen LogP contribution in [-0.2, 0) is 22.7 Å². The maximum absolute atomic E-state index is 13.0. The van der Waals surface area contributed by atoms with Crippen LogP contribution in [0.2, 0.25) is 5.02 Å². The first-order valence-corrected chi connectivity index (χ1v) is 10.3. The number of carbonyl (C=O) groups is 3. The number of hydrogen-bond acceptors (Lipinski definition) is 6. The van der Waals surface area contributed by atoms with Gasteiger partial charge in [-0.2, -0.15) is 0 Å². The third kappa shape index (κ3) is 3.48. The highest BCUT2D eigenvalue weighted by Crippen LogP contribution is 2.31. The number of nitrogens with one attached hydrogen (secondary N) is 1. The lowest BCUT2D eigenvalue weighted by molar-refractivity contribution is -0.136. The number of nitrogens with zero attached hydrogens (tertiary/aromatic N) is 5. The Morgan fingerprint density at radius 1 is 1.09 bits per heavy atom. The first kappa shape index (κ1) is 20.1. The standard InChI is InChI=1S/C21H17ClN6O4/c22-12-4-7-19(30)26(8-12)9-13-10-28(25-24-13)16-3-1-2-14-15(16)11-27(21(14)32)17-5-6-18(29)23-20(17)31/h1-4,7-8,10,17H,5-6,9,11H2,(H,23,29,31). The minimum Gasteiger partial charge on any atom is -0.322 e. The smallest absolute Gasteiger partial charge is 0.255 e. The molecule has 1 unspecified atom stereocenters. The number of pyridine rings is 1. The minimum absolute atomic E-state index is 0.190. The number of piperidine rings is 1. The molecule has 1 fully saturated rings. The summed E-state index contributed by atoms with van der Waals surface area (Å²) in [6, 6.07) is 7.46. The molecule has 2 aliphatic rings. The molecule has 0 radical (unpaired) electrons. The summed E-state index contributed by atoms with van der Waals surface area (Å²) in [4.78, 5) is 50.2. The van der Waals surface area contributed by atoms with Gasteiger partial charge in [0.25, 0.3) is 11.5 Å². The number of imide groups is 1. The maximum atomic E-state index is 13.0. The van der Waals surface area contributed by atoms with Crippen LogP contribution in [-0.4, -0.2) is 48.2 Å². The molecule has 0 aliphatic carbocycles. The second-order valence-corrected chi connectivity index (χ2v) is 8.11. The third-order valence-corrected chi connectivity index (χ3v) is 5.85. The summed E-state index contributed by atoms with van der Waals surface area (Å²) >= 11 is 5.97. The maximum Gasteiger partial charge on any atom is 0.255 e. The lowest BCUT2D eigenvalue weighted by Gasteiger charge is -2.29. The fourth-order valence-corrected chi connectivity index (χ4v) is 4.25. The second kappa shape index (κ2) is 7.72. The van der Waals surface area contributed by atoms with E-state index >= 15 is 0 Å². The van der Waals surface area contributed by atoms with Crippen LogP contribution >= 0.6 is 11.6 Å². The number of halogens is 1. The van der Waals surface area contributed by atoms with Crippen LogP contribution in [0, 0.1) is 0 Å². The molecule has 10 nitrogen and oxygen atoms in total. The van der Waals surface area contributed by atoms with E-state index in [1.54, 1.807) is 23.0 Å². The molecule has 2 aliphatic heterocycles. The molecule has 32 heavy (non-hydrogen) atoms. The van der Waals surface area contributed by atoms with Gasteiger partial charge in [-0.15, -0.1) is 5.10 Å². The van der Waals surface area contributed by atoms with E-state index in [0.29, 0.717) is 28.4 Å². The lowest BCUT2D eigenvalue weighted by atomic mass is 10.0. The molecule has 11 heteroatoms.